The summed E-state index contributed by atoms with van der Waals surface area (Å²) in [4.78, 5) is 89.8. The van der Waals surface area contributed by atoms with Crippen LogP contribution in [0.3, 0.4) is 0 Å². The van der Waals surface area contributed by atoms with Gasteiger partial charge >= 0.3 is 23.9 Å². The number of benzene rings is 4. The van der Waals surface area contributed by atoms with E-state index in [1.165, 1.54) is 10.8 Å². The highest BCUT2D eigenvalue weighted by molar-refractivity contribution is 6.23. The van der Waals surface area contributed by atoms with Crippen LogP contribution in [0.5, 0.6) is 0 Å². The summed E-state index contributed by atoms with van der Waals surface area (Å²) in [6.45, 7) is 6.87. The third-order valence-corrected chi connectivity index (χ3v) is 9.46. The van der Waals surface area contributed by atoms with Gasteiger partial charge in [-0.3, -0.25) is 24.0 Å². The first-order valence-electron chi connectivity index (χ1n) is 19.7. The molecule has 0 aliphatic heterocycles. The van der Waals surface area contributed by atoms with Crippen molar-refractivity contribution >= 4 is 73.9 Å². The van der Waals surface area contributed by atoms with Gasteiger partial charge in [0.2, 0.25) is 17.7 Å². The summed E-state index contributed by atoms with van der Waals surface area (Å²) < 4.78 is 20.1. The number of rotatable bonds is 23. The Morgan fingerprint density at radius 1 is 0.509 bits per heavy atom. The lowest BCUT2D eigenvalue weighted by atomic mass is 9.90. The van der Waals surface area contributed by atoms with E-state index in [9.17, 15) is 33.6 Å². The molecule has 3 N–H and O–H groups in total. The molecule has 3 atom stereocenters. The summed E-state index contributed by atoms with van der Waals surface area (Å²) in [6.07, 6.45) is 0.0559. The minimum absolute atomic E-state index is 0.0227. The highest BCUT2D eigenvalue weighted by atomic mass is 16.5. The summed E-state index contributed by atoms with van der Waals surface area (Å²) in [6, 6.07) is 15.1. The summed E-state index contributed by atoms with van der Waals surface area (Å²) >= 11 is 0. The average molecular weight is 788 g/mol. The number of aryl methyl sites for hydroxylation is 1. The van der Waals surface area contributed by atoms with Gasteiger partial charge < -0.3 is 34.9 Å². The van der Waals surface area contributed by atoms with E-state index in [0.717, 1.165) is 27.1 Å². The average Bonchev–Trinajstić information content (AvgIpc) is 3.19. The Morgan fingerprint density at radius 3 is 1.56 bits per heavy atom. The van der Waals surface area contributed by atoms with Crippen LogP contribution in [0.1, 0.15) is 84.6 Å². The number of ether oxygens (including phenoxy) is 4. The van der Waals surface area contributed by atoms with Gasteiger partial charge in [-0.25, -0.2) is 9.59 Å². The van der Waals surface area contributed by atoms with Crippen LogP contribution in [0.25, 0.3) is 32.3 Å². The van der Waals surface area contributed by atoms with Crippen molar-refractivity contribution in [2.75, 3.05) is 26.4 Å². The van der Waals surface area contributed by atoms with Crippen molar-refractivity contribution in [3.63, 3.8) is 0 Å². The first kappa shape index (κ1) is 43.9. The van der Waals surface area contributed by atoms with E-state index in [1.807, 2.05) is 6.07 Å². The lowest BCUT2D eigenvalue weighted by molar-refractivity contribution is -0.149. The quantitative estimate of drug-likeness (QED) is 0.0523. The summed E-state index contributed by atoms with van der Waals surface area (Å²) in [5.74, 6) is -4.47. The first-order chi connectivity index (χ1) is 27.5. The van der Waals surface area contributed by atoms with Gasteiger partial charge in [0.1, 0.15) is 18.1 Å². The Kier molecular flexibility index (Phi) is 17.0. The van der Waals surface area contributed by atoms with Crippen molar-refractivity contribution in [1.29, 1.82) is 0 Å². The standard InChI is InChI=1S/C43H53N3O11/c1-5-54-37(49)25-22-33(42(52)56-7-3)45-36(48)24-21-32(41(51)46-34(43(53)57-8-4)23-26-38(50)55-6-2)44-35(47)14-10-11-27-15-16-30-18-17-28-12-9-13-29-19-20-31(27)40(30)39(28)29/h9,12-13,15-20,32-34H,5-8,10-11,14,21-26H2,1-4H3,(H,44,47)(H,45,48)(H,46,51). The largest absolute Gasteiger partial charge is 0.466 e. The molecule has 57 heavy (non-hydrogen) atoms. The van der Waals surface area contributed by atoms with Crippen LogP contribution >= 0.6 is 0 Å². The molecule has 0 aliphatic rings. The predicted octanol–water partition coefficient (Wildman–Crippen LogP) is 4.95. The molecule has 0 radical (unpaired) electrons. The van der Waals surface area contributed by atoms with Crippen LogP contribution in [0.4, 0.5) is 0 Å². The molecule has 0 heterocycles. The molecule has 306 valence electrons. The lowest BCUT2D eigenvalue weighted by Crippen LogP contribution is -2.52. The maximum absolute atomic E-state index is 13.7. The number of carbonyl (C=O) groups excluding carboxylic acids is 7. The van der Waals surface area contributed by atoms with E-state index >= 15 is 0 Å². The highest BCUT2D eigenvalue weighted by Crippen LogP contribution is 2.36. The van der Waals surface area contributed by atoms with E-state index in [1.54, 1.807) is 27.7 Å². The smallest absolute Gasteiger partial charge is 0.328 e. The van der Waals surface area contributed by atoms with Crippen LogP contribution < -0.4 is 16.0 Å². The molecule has 0 aromatic heterocycles. The van der Waals surface area contributed by atoms with E-state index in [2.05, 4.69) is 64.5 Å². The van der Waals surface area contributed by atoms with Gasteiger partial charge in [-0.1, -0.05) is 54.6 Å². The fraction of sp³-hybridized carbons (Fsp3) is 0.465. The molecule has 0 bridgehead atoms. The Labute approximate surface area is 332 Å². The van der Waals surface area contributed by atoms with Crippen molar-refractivity contribution in [3.05, 3.63) is 60.2 Å². The third kappa shape index (κ3) is 12.6. The van der Waals surface area contributed by atoms with Crippen molar-refractivity contribution < 1.29 is 52.5 Å². The van der Waals surface area contributed by atoms with Gasteiger partial charge in [0.15, 0.2) is 0 Å². The second kappa shape index (κ2) is 22.1. The Balaban J connectivity index is 1.47. The van der Waals surface area contributed by atoms with Crippen molar-refractivity contribution in [2.24, 2.45) is 0 Å². The Morgan fingerprint density at radius 2 is 0.982 bits per heavy atom. The summed E-state index contributed by atoms with van der Waals surface area (Å²) in [5.41, 5.74) is 1.08. The molecule has 0 saturated carbocycles. The molecule has 4 aromatic carbocycles. The zero-order chi connectivity index (χ0) is 41.3. The molecule has 3 unspecified atom stereocenters. The zero-order valence-corrected chi connectivity index (χ0v) is 33.1. The minimum Gasteiger partial charge on any atom is -0.466 e. The Bertz CT molecular complexity index is 2010. The van der Waals surface area contributed by atoms with Crippen LogP contribution in [0.15, 0.2) is 54.6 Å². The van der Waals surface area contributed by atoms with E-state index in [0.29, 0.717) is 12.8 Å². The molecule has 4 rings (SSSR count). The fourth-order valence-corrected chi connectivity index (χ4v) is 6.78. The monoisotopic (exact) mass is 787 g/mol. The van der Waals surface area contributed by atoms with Crippen LogP contribution in [0, 0.1) is 0 Å². The van der Waals surface area contributed by atoms with Gasteiger partial charge in [0, 0.05) is 25.7 Å². The zero-order valence-electron chi connectivity index (χ0n) is 33.1. The number of esters is 4. The Hall–Kier alpha value is -5.79. The SMILES string of the molecule is CCOC(=O)CCC(NC(=O)CCC(NC(=O)CCCc1ccc2ccc3cccc4ccc1c2c34)C(=O)NC(CCC(=O)OCC)C(=O)OCC)C(=O)OCC. The number of nitrogens with one attached hydrogen (secondary N) is 3. The normalized spacial score (nSPS) is 12.7. The molecule has 0 spiro atoms. The highest BCUT2D eigenvalue weighted by Gasteiger charge is 2.30. The van der Waals surface area contributed by atoms with E-state index in [-0.39, 0.29) is 71.4 Å². The van der Waals surface area contributed by atoms with Crippen LogP contribution in [0.2, 0.25) is 0 Å². The summed E-state index contributed by atoms with van der Waals surface area (Å²) in [7, 11) is 0. The topological polar surface area (TPSA) is 192 Å². The number of hydrogen-bond acceptors (Lipinski definition) is 11. The van der Waals surface area contributed by atoms with E-state index in [4.69, 9.17) is 18.9 Å². The van der Waals surface area contributed by atoms with Gasteiger partial charge in [-0.05, 0) is 97.7 Å². The molecule has 0 saturated heterocycles. The number of hydrogen-bond donors (Lipinski definition) is 3. The predicted molar refractivity (Wildman–Crippen MR) is 213 cm³/mol. The molecule has 4 aromatic rings. The number of carbonyl (C=O) groups is 7. The maximum Gasteiger partial charge on any atom is 0.328 e. The molecule has 14 heteroatoms. The van der Waals surface area contributed by atoms with Crippen molar-refractivity contribution in [1.82, 2.24) is 16.0 Å². The van der Waals surface area contributed by atoms with Gasteiger partial charge in [0.25, 0.3) is 0 Å². The van der Waals surface area contributed by atoms with Crippen molar-refractivity contribution in [3.8, 4) is 0 Å². The number of amides is 3. The van der Waals surface area contributed by atoms with E-state index < -0.39 is 59.7 Å². The van der Waals surface area contributed by atoms with Gasteiger partial charge in [0.05, 0.1) is 26.4 Å². The van der Waals surface area contributed by atoms with Crippen LogP contribution in [-0.2, 0) is 58.9 Å². The first-order valence-corrected chi connectivity index (χ1v) is 19.7. The molecule has 3 amide bonds. The maximum atomic E-state index is 13.7. The molecule has 0 fully saturated rings. The fourth-order valence-electron chi connectivity index (χ4n) is 6.78. The molecule has 0 aliphatic carbocycles. The lowest BCUT2D eigenvalue weighted by Gasteiger charge is -2.23. The van der Waals surface area contributed by atoms with Crippen LogP contribution in [-0.4, -0.2) is 86.2 Å². The third-order valence-electron chi connectivity index (χ3n) is 9.46. The molecular weight excluding hydrogens is 734 g/mol. The molecular formula is C43H53N3O11. The van der Waals surface area contributed by atoms with Gasteiger partial charge in [-0.2, -0.15) is 0 Å². The summed E-state index contributed by atoms with van der Waals surface area (Å²) in [5, 5.41) is 14.8. The molecule has 14 nitrogen and oxygen atoms in total. The second-order valence-electron chi connectivity index (χ2n) is 13.5. The second-order valence-corrected chi connectivity index (χ2v) is 13.5. The van der Waals surface area contributed by atoms with Crippen molar-refractivity contribution in [2.45, 2.75) is 104 Å². The van der Waals surface area contributed by atoms with Gasteiger partial charge in [-0.15, -0.1) is 0 Å². The minimum atomic E-state index is -1.28.